The Hall–Kier alpha value is -0.130. The van der Waals surface area contributed by atoms with Crippen LogP contribution in [0, 0.1) is 0 Å². The average Bonchev–Trinajstić information content (AvgIpc) is 1.83. The van der Waals surface area contributed by atoms with Crippen LogP contribution in [-0.2, 0) is 14.9 Å². The molecule has 0 aromatic rings. The molecule has 0 rings (SSSR count). The summed E-state index contributed by atoms with van der Waals surface area (Å²) in [4.78, 5) is 6.98. The van der Waals surface area contributed by atoms with Gasteiger partial charge in [0.15, 0.2) is 0 Å². The maximum absolute atomic E-state index is 11.0. The van der Waals surface area contributed by atoms with E-state index in [9.17, 15) is 8.42 Å². The maximum atomic E-state index is 11.0. The lowest BCUT2D eigenvalue weighted by atomic mass is 10.2. The van der Waals surface area contributed by atoms with E-state index >= 15 is 0 Å². The molecule has 12 heavy (non-hydrogen) atoms. The van der Waals surface area contributed by atoms with Gasteiger partial charge in [-0.05, 0) is 27.2 Å². The minimum Gasteiger partial charge on any atom is -0.281 e. The van der Waals surface area contributed by atoms with E-state index in [1.807, 2.05) is 0 Å². The third-order valence-electron chi connectivity index (χ3n) is 0.948. The van der Waals surface area contributed by atoms with Crippen molar-refractivity contribution < 1.29 is 13.3 Å². The van der Waals surface area contributed by atoms with Crippen molar-refractivity contribution in [1.82, 2.24) is 4.89 Å². The summed E-state index contributed by atoms with van der Waals surface area (Å²) in [6.07, 6.45) is 0.586. The van der Waals surface area contributed by atoms with E-state index in [0.29, 0.717) is 6.42 Å². The molecule has 1 N–H and O–H groups in total. The summed E-state index contributed by atoms with van der Waals surface area (Å²) in [6, 6.07) is 0. The summed E-state index contributed by atoms with van der Waals surface area (Å²) in [5.74, 6) is 0.100. The molecule has 0 saturated heterocycles. The van der Waals surface area contributed by atoms with Crippen LogP contribution in [0.3, 0.4) is 0 Å². The summed E-state index contributed by atoms with van der Waals surface area (Å²) < 4.78 is 22.1. The largest absolute Gasteiger partial charge is 0.281 e. The lowest BCUT2D eigenvalue weighted by molar-refractivity contribution is -0.0357. The third kappa shape index (κ3) is 6.57. The lowest BCUT2D eigenvalue weighted by Gasteiger charge is -2.18. The number of hydrogen-bond acceptors (Lipinski definition) is 3. The number of nitrogens with one attached hydrogen (secondary N) is 1. The lowest BCUT2D eigenvalue weighted by Crippen LogP contribution is -2.34. The van der Waals surface area contributed by atoms with Crippen molar-refractivity contribution in [1.29, 1.82) is 0 Å². The first kappa shape index (κ1) is 11.9. The second-order valence-electron chi connectivity index (χ2n) is 3.62. The van der Waals surface area contributed by atoms with Crippen LogP contribution >= 0.6 is 0 Å². The summed E-state index contributed by atoms with van der Waals surface area (Å²) >= 11 is 0. The summed E-state index contributed by atoms with van der Waals surface area (Å²) in [6.45, 7) is 7.14. The maximum Gasteiger partial charge on any atom is 0.233 e. The Morgan fingerprint density at radius 3 is 2.17 bits per heavy atom. The summed E-state index contributed by atoms with van der Waals surface area (Å²) in [5, 5.41) is 0. The van der Waals surface area contributed by atoms with Gasteiger partial charge >= 0.3 is 0 Å². The first-order chi connectivity index (χ1) is 5.27. The van der Waals surface area contributed by atoms with Crippen molar-refractivity contribution >= 4 is 10.0 Å². The first-order valence-electron chi connectivity index (χ1n) is 3.94. The van der Waals surface area contributed by atoms with Crippen molar-refractivity contribution in [3.05, 3.63) is 0 Å². The molecule has 5 heteroatoms. The minimum atomic E-state index is -3.24. The van der Waals surface area contributed by atoms with E-state index in [4.69, 9.17) is 4.84 Å². The zero-order chi connectivity index (χ0) is 9.83. The zero-order valence-corrected chi connectivity index (χ0v) is 8.86. The van der Waals surface area contributed by atoms with Gasteiger partial charge in [0.05, 0.1) is 11.4 Å². The normalized spacial score (nSPS) is 13.3. The average molecular weight is 195 g/mol. The summed E-state index contributed by atoms with van der Waals surface area (Å²) in [5.41, 5.74) is -0.485. The molecule has 0 heterocycles. The molecular weight excluding hydrogens is 178 g/mol. The van der Waals surface area contributed by atoms with Crippen molar-refractivity contribution in [2.75, 3.05) is 5.75 Å². The van der Waals surface area contributed by atoms with E-state index in [-0.39, 0.29) is 5.75 Å². The molecule has 4 nitrogen and oxygen atoms in total. The Labute approximate surface area is 74.3 Å². The standard InChI is InChI=1S/C7H17NO3S/c1-5-6-12(9,10)8-11-7(2,3)4/h8H,5-6H2,1-4H3. The molecule has 0 aliphatic heterocycles. The van der Waals surface area contributed by atoms with Gasteiger partial charge in [-0.2, -0.15) is 0 Å². The van der Waals surface area contributed by atoms with E-state index in [2.05, 4.69) is 4.89 Å². The molecule has 0 aliphatic carbocycles. The predicted octanol–water partition coefficient (Wildman–Crippen LogP) is 1.05. The summed E-state index contributed by atoms with van der Waals surface area (Å²) in [7, 11) is -3.24. The van der Waals surface area contributed by atoms with Crippen LogP contribution in [0.5, 0.6) is 0 Å². The topological polar surface area (TPSA) is 55.4 Å². The quantitative estimate of drug-likeness (QED) is 0.682. The van der Waals surface area contributed by atoms with Crippen molar-refractivity contribution in [3.63, 3.8) is 0 Å². The highest BCUT2D eigenvalue weighted by atomic mass is 32.2. The Morgan fingerprint density at radius 1 is 1.33 bits per heavy atom. The molecule has 0 fully saturated rings. The Morgan fingerprint density at radius 2 is 1.83 bits per heavy atom. The second kappa shape index (κ2) is 4.20. The molecule has 0 bridgehead atoms. The molecule has 0 saturated carbocycles. The van der Waals surface area contributed by atoms with E-state index in [0.717, 1.165) is 0 Å². The third-order valence-corrected chi connectivity index (χ3v) is 2.23. The molecular formula is C7H17NO3S. The Balaban J connectivity index is 3.94. The predicted molar refractivity (Wildman–Crippen MR) is 48.1 cm³/mol. The number of hydrogen-bond donors (Lipinski definition) is 1. The van der Waals surface area contributed by atoms with Gasteiger partial charge in [-0.3, -0.25) is 4.84 Å². The van der Waals surface area contributed by atoms with Gasteiger partial charge < -0.3 is 0 Å². The molecule has 0 amide bonds. The fourth-order valence-corrected chi connectivity index (χ4v) is 1.50. The van der Waals surface area contributed by atoms with Gasteiger partial charge in [-0.25, -0.2) is 8.42 Å². The Bertz CT molecular complexity index is 215. The molecule has 0 atom stereocenters. The van der Waals surface area contributed by atoms with Gasteiger partial charge in [0.25, 0.3) is 0 Å². The molecule has 0 spiro atoms. The van der Waals surface area contributed by atoms with Gasteiger partial charge in [0, 0.05) is 0 Å². The highest BCUT2D eigenvalue weighted by molar-refractivity contribution is 7.89. The molecule has 0 radical (unpaired) electrons. The minimum absolute atomic E-state index is 0.100. The monoisotopic (exact) mass is 195 g/mol. The van der Waals surface area contributed by atoms with Crippen LogP contribution in [0.2, 0.25) is 0 Å². The van der Waals surface area contributed by atoms with Crippen LogP contribution in [0.4, 0.5) is 0 Å². The van der Waals surface area contributed by atoms with E-state index < -0.39 is 15.6 Å². The number of sulfonamides is 1. The van der Waals surface area contributed by atoms with Crippen molar-refractivity contribution in [2.24, 2.45) is 0 Å². The van der Waals surface area contributed by atoms with Crippen LogP contribution < -0.4 is 4.89 Å². The van der Waals surface area contributed by atoms with Crippen LogP contribution in [-0.4, -0.2) is 19.8 Å². The van der Waals surface area contributed by atoms with Crippen LogP contribution in [0.15, 0.2) is 0 Å². The van der Waals surface area contributed by atoms with Crippen molar-refractivity contribution in [2.45, 2.75) is 39.7 Å². The van der Waals surface area contributed by atoms with Gasteiger partial charge in [0.2, 0.25) is 10.0 Å². The van der Waals surface area contributed by atoms with E-state index in [1.165, 1.54) is 0 Å². The second-order valence-corrected chi connectivity index (χ2v) is 5.42. The van der Waals surface area contributed by atoms with Gasteiger partial charge in [-0.1, -0.05) is 11.8 Å². The highest BCUT2D eigenvalue weighted by Crippen LogP contribution is 2.04. The fourth-order valence-electron chi connectivity index (χ4n) is 0.499. The first-order valence-corrected chi connectivity index (χ1v) is 5.59. The highest BCUT2D eigenvalue weighted by Gasteiger charge is 2.15. The van der Waals surface area contributed by atoms with Crippen LogP contribution in [0.1, 0.15) is 34.1 Å². The van der Waals surface area contributed by atoms with Gasteiger partial charge in [-0.15, -0.1) is 0 Å². The van der Waals surface area contributed by atoms with Crippen LogP contribution in [0.25, 0.3) is 0 Å². The smallest absolute Gasteiger partial charge is 0.233 e. The molecule has 0 aromatic heterocycles. The zero-order valence-electron chi connectivity index (χ0n) is 8.05. The molecule has 0 aliphatic rings. The molecule has 0 aromatic carbocycles. The molecule has 74 valence electrons. The van der Waals surface area contributed by atoms with E-state index in [1.54, 1.807) is 27.7 Å². The SMILES string of the molecule is CCCS(=O)(=O)NOC(C)(C)C. The van der Waals surface area contributed by atoms with Crippen molar-refractivity contribution in [3.8, 4) is 0 Å². The molecule has 0 unspecified atom stereocenters. The van der Waals surface area contributed by atoms with Gasteiger partial charge in [0.1, 0.15) is 0 Å². The fraction of sp³-hybridized carbons (Fsp3) is 1.00. The Kier molecular flexibility index (Phi) is 4.16. The number of rotatable bonds is 4.